The molecule has 3 nitrogen and oxygen atoms in total. The molecule has 0 radical (unpaired) electrons. The molecule has 2 heterocycles. The molecule has 2 aromatic heterocycles. The van der Waals surface area contributed by atoms with Crippen LogP contribution in [0.5, 0.6) is 0 Å². The standard InChI is InChI=1S/C14H19N3S2/c1-18-9-5-4-7-15-10-12-11-19-14(17-12)13-6-2-3-8-16-13/h2-3,6,8,11,15H,4-5,7,9-10H2,1H3. The van der Waals surface area contributed by atoms with E-state index in [4.69, 9.17) is 0 Å². The van der Waals surface area contributed by atoms with Crippen LogP contribution >= 0.6 is 23.1 Å². The van der Waals surface area contributed by atoms with Gasteiger partial charge in [-0.05, 0) is 43.5 Å². The fourth-order valence-corrected chi connectivity index (χ4v) is 3.00. The topological polar surface area (TPSA) is 37.8 Å². The number of rotatable bonds is 8. The molecule has 102 valence electrons. The summed E-state index contributed by atoms with van der Waals surface area (Å²) in [5.41, 5.74) is 2.06. The lowest BCUT2D eigenvalue weighted by Gasteiger charge is -2.01. The Balaban J connectivity index is 1.75. The minimum Gasteiger partial charge on any atom is -0.311 e. The molecule has 0 unspecified atom stereocenters. The van der Waals surface area contributed by atoms with Crippen LogP contribution in [-0.2, 0) is 6.54 Å². The predicted octanol–water partition coefficient (Wildman–Crippen LogP) is 3.44. The van der Waals surface area contributed by atoms with Crippen molar-refractivity contribution >= 4 is 23.1 Å². The van der Waals surface area contributed by atoms with E-state index in [9.17, 15) is 0 Å². The van der Waals surface area contributed by atoms with Crippen molar-refractivity contribution in [1.29, 1.82) is 0 Å². The molecule has 0 aliphatic heterocycles. The van der Waals surface area contributed by atoms with E-state index in [2.05, 4.69) is 26.9 Å². The normalized spacial score (nSPS) is 10.8. The van der Waals surface area contributed by atoms with Crippen LogP contribution in [0.25, 0.3) is 10.7 Å². The van der Waals surface area contributed by atoms with E-state index in [1.54, 1.807) is 17.5 Å². The molecule has 0 amide bonds. The Labute approximate surface area is 122 Å². The lowest BCUT2D eigenvalue weighted by Crippen LogP contribution is -2.15. The minimum absolute atomic E-state index is 0.850. The summed E-state index contributed by atoms with van der Waals surface area (Å²) in [7, 11) is 0. The molecule has 19 heavy (non-hydrogen) atoms. The Morgan fingerprint density at radius 3 is 3.05 bits per heavy atom. The van der Waals surface area contributed by atoms with Crippen molar-refractivity contribution in [2.75, 3.05) is 18.6 Å². The number of thiazole rings is 1. The Hall–Kier alpha value is -0.910. The van der Waals surface area contributed by atoms with Crippen molar-refractivity contribution in [1.82, 2.24) is 15.3 Å². The second-order valence-corrected chi connectivity index (χ2v) is 6.08. The van der Waals surface area contributed by atoms with E-state index < -0.39 is 0 Å². The zero-order chi connectivity index (χ0) is 13.3. The van der Waals surface area contributed by atoms with Crippen LogP contribution in [0.4, 0.5) is 0 Å². The Bertz CT molecular complexity index is 471. The van der Waals surface area contributed by atoms with Crippen LogP contribution in [0.2, 0.25) is 0 Å². The van der Waals surface area contributed by atoms with Crippen LogP contribution in [0.3, 0.4) is 0 Å². The summed E-state index contributed by atoms with van der Waals surface area (Å²) in [5, 5.41) is 6.55. The van der Waals surface area contributed by atoms with Gasteiger partial charge in [0.2, 0.25) is 0 Å². The Kier molecular flexibility index (Phi) is 6.33. The SMILES string of the molecule is CSCCCCNCc1csc(-c2ccccn2)n1. The average molecular weight is 293 g/mol. The molecule has 2 rings (SSSR count). The number of pyridine rings is 1. The van der Waals surface area contributed by atoms with E-state index in [1.165, 1.54) is 18.6 Å². The maximum Gasteiger partial charge on any atom is 0.142 e. The van der Waals surface area contributed by atoms with E-state index in [0.29, 0.717) is 0 Å². The van der Waals surface area contributed by atoms with E-state index in [-0.39, 0.29) is 0 Å². The molecular formula is C14H19N3S2. The molecule has 0 aromatic carbocycles. The van der Waals surface area contributed by atoms with E-state index in [0.717, 1.165) is 29.5 Å². The molecule has 0 atom stereocenters. The molecule has 0 bridgehead atoms. The Morgan fingerprint density at radius 1 is 1.32 bits per heavy atom. The molecule has 0 aliphatic carbocycles. The zero-order valence-electron chi connectivity index (χ0n) is 11.1. The van der Waals surface area contributed by atoms with Gasteiger partial charge < -0.3 is 5.32 Å². The molecule has 0 aliphatic rings. The maximum atomic E-state index is 4.60. The average Bonchev–Trinajstić information content (AvgIpc) is 2.92. The number of unbranched alkanes of at least 4 members (excludes halogenated alkanes) is 1. The summed E-state index contributed by atoms with van der Waals surface area (Å²) < 4.78 is 0. The third-order valence-electron chi connectivity index (χ3n) is 2.69. The quantitative estimate of drug-likeness (QED) is 0.757. The molecule has 2 aromatic rings. The number of hydrogen-bond acceptors (Lipinski definition) is 5. The van der Waals surface area contributed by atoms with Crippen molar-refractivity contribution in [2.24, 2.45) is 0 Å². The first kappa shape index (κ1) is 14.5. The van der Waals surface area contributed by atoms with Crippen molar-refractivity contribution < 1.29 is 0 Å². The van der Waals surface area contributed by atoms with Crippen molar-refractivity contribution in [2.45, 2.75) is 19.4 Å². The summed E-state index contributed by atoms with van der Waals surface area (Å²) in [6, 6.07) is 5.92. The van der Waals surface area contributed by atoms with Crippen molar-refractivity contribution in [3.05, 3.63) is 35.5 Å². The first-order valence-corrected chi connectivity index (χ1v) is 8.73. The highest BCUT2D eigenvalue weighted by Crippen LogP contribution is 2.21. The first-order valence-electron chi connectivity index (χ1n) is 6.45. The highest BCUT2D eigenvalue weighted by atomic mass is 32.2. The summed E-state index contributed by atoms with van der Waals surface area (Å²) >= 11 is 3.57. The number of nitrogens with zero attached hydrogens (tertiary/aromatic N) is 2. The highest BCUT2D eigenvalue weighted by molar-refractivity contribution is 7.98. The molecule has 0 spiro atoms. The van der Waals surface area contributed by atoms with Gasteiger partial charge in [0.1, 0.15) is 5.01 Å². The predicted molar refractivity (Wildman–Crippen MR) is 84.7 cm³/mol. The second-order valence-electron chi connectivity index (χ2n) is 4.24. The molecule has 0 saturated heterocycles. The lowest BCUT2D eigenvalue weighted by molar-refractivity contribution is 0.637. The summed E-state index contributed by atoms with van der Waals surface area (Å²) in [4.78, 5) is 8.92. The summed E-state index contributed by atoms with van der Waals surface area (Å²) in [6.07, 6.45) is 6.48. The van der Waals surface area contributed by atoms with E-state index in [1.807, 2.05) is 30.0 Å². The largest absolute Gasteiger partial charge is 0.311 e. The van der Waals surface area contributed by atoms with E-state index >= 15 is 0 Å². The number of aromatic nitrogens is 2. The molecule has 5 heteroatoms. The van der Waals surface area contributed by atoms with Crippen LogP contribution in [0, 0.1) is 0 Å². The molecule has 1 N–H and O–H groups in total. The van der Waals surface area contributed by atoms with Gasteiger partial charge in [0, 0.05) is 18.1 Å². The number of thioether (sulfide) groups is 1. The van der Waals surface area contributed by atoms with Gasteiger partial charge in [-0.15, -0.1) is 11.3 Å². The van der Waals surface area contributed by atoms with Gasteiger partial charge in [-0.3, -0.25) is 4.98 Å². The molecule has 0 saturated carbocycles. The fourth-order valence-electron chi connectivity index (χ4n) is 1.71. The van der Waals surface area contributed by atoms with Crippen molar-refractivity contribution in [3.63, 3.8) is 0 Å². The number of hydrogen-bond donors (Lipinski definition) is 1. The maximum absolute atomic E-state index is 4.60. The van der Waals surface area contributed by atoms with Gasteiger partial charge in [-0.25, -0.2) is 4.98 Å². The lowest BCUT2D eigenvalue weighted by atomic mass is 10.3. The van der Waals surface area contributed by atoms with Gasteiger partial charge in [0.25, 0.3) is 0 Å². The smallest absolute Gasteiger partial charge is 0.142 e. The van der Waals surface area contributed by atoms with Crippen LogP contribution in [0.1, 0.15) is 18.5 Å². The second kappa shape index (κ2) is 8.30. The Morgan fingerprint density at radius 2 is 2.26 bits per heavy atom. The minimum atomic E-state index is 0.850. The third kappa shape index (κ3) is 4.93. The van der Waals surface area contributed by atoms with Gasteiger partial charge in [-0.2, -0.15) is 11.8 Å². The van der Waals surface area contributed by atoms with Gasteiger partial charge >= 0.3 is 0 Å². The highest BCUT2D eigenvalue weighted by Gasteiger charge is 2.04. The zero-order valence-corrected chi connectivity index (χ0v) is 12.8. The fraction of sp³-hybridized carbons (Fsp3) is 0.429. The van der Waals surface area contributed by atoms with Crippen LogP contribution in [0.15, 0.2) is 29.8 Å². The van der Waals surface area contributed by atoms with Gasteiger partial charge in [0.15, 0.2) is 0 Å². The monoisotopic (exact) mass is 293 g/mol. The van der Waals surface area contributed by atoms with Gasteiger partial charge in [0.05, 0.1) is 11.4 Å². The molecule has 0 fully saturated rings. The van der Waals surface area contributed by atoms with Crippen LogP contribution < -0.4 is 5.32 Å². The third-order valence-corrected chi connectivity index (χ3v) is 4.30. The van der Waals surface area contributed by atoms with Crippen molar-refractivity contribution in [3.8, 4) is 10.7 Å². The summed E-state index contributed by atoms with van der Waals surface area (Å²) in [6.45, 7) is 1.92. The molecular weight excluding hydrogens is 274 g/mol. The van der Waals surface area contributed by atoms with Crippen LogP contribution in [-0.4, -0.2) is 28.5 Å². The first-order chi connectivity index (χ1) is 9.40. The van der Waals surface area contributed by atoms with Gasteiger partial charge in [-0.1, -0.05) is 6.07 Å². The summed E-state index contributed by atoms with van der Waals surface area (Å²) in [5.74, 6) is 1.25. The number of nitrogens with one attached hydrogen (secondary N) is 1.